The Balaban J connectivity index is 0.00000208. The van der Waals surface area contributed by atoms with Crippen molar-refractivity contribution in [1.29, 1.82) is 0 Å². The van der Waals surface area contributed by atoms with Gasteiger partial charge in [-0.25, -0.2) is 4.98 Å². The summed E-state index contributed by atoms with van der Waals surface area (Å²) in [7, 11) is 0. The van der Waals surface area contributed by atoms with Crippen LogP contribution in [0.1, 0.15) is 25.7 Å². The van der Waals surface area contributed by atoms with E-state index in [9.17, 15) is 4.79 Å². The molecule has 8 heteroatoms. The lowest BCUT2D eigenvalue weighted by Gasteiger charge is -2.10. The van der Waals surface area contributed by atoms with E-state index in [4.69, 9.17) is 23.2 Å². The summed E-state index contributed by atoms with van der Waals surface area (Å²) in [4.78, 5) is 16.4. The van der Waals surface area contributed by atoms with E-state index in [1.54, 1.807) is 12.1 Å². The van der Waals surface area contributed by atoms with Gasteiger partial charge in [0.15, 0.2) is 5.13 Å². The van der Waals surface area contributed by atoms with Crippen LogP contribution in [0, 0.1) is 0 Å². The molecule has 130 valence electrons. The highest BCUT2D eigenvalue weighted by atomic mass is 35.5. The second-order valence-corrected chi connectivity index (χ2v) is 7.27. The molecular formula is C16H18Cl3N3OS. The molecule has 0 saturated heterocycles. The quantitative estimate of drug-likeness (QED) is 0.734. The molecule has 1 fully saturated rings. The molecule has 1 aromatic heterocycles. The second-order valence-electron chi connectivity index (χ2n) is 5.57. The number of nitrogens with one attached hydrogen (secondary N) is 2. The van der Waals surface area contributed by atoms with E-state index in [1.807, 2.05) is 11.4 Å². The summed E-state index contributed by atoms with van der Waals surface area (Å²) in [5, 5.41) is 9.68. The first kappa shape index (κ1) is 19.5. The molecule has 0 spiro atoms. The Labute approximate surface area is 161 Å². The van der Waals surface area contributed by atoms with Crippen molar-refractivity contribution in [2.75, 3.05) is 11.9 Å². The molecule has 3 rings (SSSR count). The van der Waals surface area contributed by atoms with Crippen molar-refractivity contribution in [2.24, 2.45) is 0 Å². The van der Waals surface area contributed by atoms with Crippen LogP contribution in [0.25, 0.3) is 11.3 Å². The van der Waals surface area contributed by atoms with Crippen LogP contribution in [0.4, 0.5) is 5.13 Å². The Kier molecular flexibility index (Phi) is 7.32. The number of rotatable bonds is 5. The van der Waals surface area contributed by atoms with E-state index in [1.165, 1.54) is 24.2 Å². The molecule has 0 radical (unpaired) electrons. The molecule has 1 aromatic carbocycles. The number of nitrogens with zero attached hydrogens (tertiary/aromatic N) is 1. The van der Waals surface area contributed by atoms with Crippen LogP contribution in [0.5, 0.6) is 0 Å². The van der Waals surface area contributed by atoms with E-state index in [-0.39, 0.29) is 18.3 Å². The molecule has 0 aliphatic heterocycles. The Morgan fingerprint density at radius 3 is 2.75 bits per heavy atom. The van der Waals surface area contributed by atoms with Gasteiger partial charge in [0.05, 0.1) is 17.3 Å². The zero-order valence-corrected chi connectivity index (χ0v) is 16.0. The topological polar surface area (TPSA) is 54.0 Å². The van der Waals surface area contributed by atoms with E-state index in [0.717, 1.165) is 24.1 Å². The number of aromatic nitrogens is 1. The number of hydrogen-bond donors (Lipinski definition) is 2. The molecular weight excluding hydrogens is 389 g/mol. The minimum Gasteiger partial charge on any atom is -0.306 e. The summed E-state index contributed by atoms with van der Waals surface area (Å²) in [6.07, 6.45) is 4.81. The van der Waals surface area contributed by atoms with E-state index in [0.29, 0.717) is 27.8 Å². The molecule has 1 saturated carbocycles. The van der Waals surface area contributed by atoms with Gasteiger partial charge in [-0.15, -0.1) is 23.7 Å². The van der Waals surface area contributed by atoms with Gasteiger partial charge in [-0.3, -0.25) is 4.79 Å². The first-order valence-corrected chi connectivity index (χ1v) is 9.19. The Hall–Kier alpha value is -0.850. The molecule has 1 heterocycles. The van der Waals surface area contributed by atoms with Gasteiger partial charge in [-0.2, -0.15) is 0 Å². The van der Waals surface area contributed by atoms with Crippen molar-refractivity contribution in [3.05, 3.63) is 33.6 Å². The highest BCUT2D eigenvalue weighted by Gasteiger charge is 2.16. The first-order valence-electron chi connectivity index (χ1n) is 7.56. The number of thiazole rings is 1. The van der Waals surface area contributed by atoms with Gasteiger partial charge in [-0.1, -0.05) is 36.0 Å². The SMILES string of the molecule is Cl.O=C(CNC1CCCC1)Nc1nc(-c2ccc(Cl)cc2Cl)cs1. The Morgan fingerprint density at radius 2 is 2.04 bits per heavy atom. The largest absolute Gasteiger partial charge is 0.306 e. The maximum Gasteiger partial charge on any atom is 0.240 e. The molecule has 2 N–H and O–H groups in total. The number of amides is 1. The summed E-state index contributed by atoms with van der Waals surface area (Å²) < 4.78 is 0. The summed E-state index contributed by atoms with van der Waals surface area (Å²) >= 11 is 13.5. The lowest BCUT2D eigenvalue weighted by atomic mass is 10.2. The number of hydrogen-bond acceptors (Lipinski definition) is 4. The van der Waals surface area contributed by atoms with Gasteiger partial charge < -0.3 is 10.6 Å². The third-order valence-corrected chi connectivity index (χ3v) is 5.17. The van der Waals surface area contributed by atoms with Gasteiger partial charge in [0.1, 0.15) is 0 Å². The summed E-state index contributed by atoms with van der Waals surface area (Å²) in [6, 6.07) is 5.75. The fourth-order valence-corrected chi connectivity index (χ4v) is 3.91. The number of carbonyl (C=O) groups is 1. The monoisotopic (exact) mass is 405 g/mol. The molecule has 0 atom stereocenters. The molecule has 1 amide bonds. The van der Waals surface area contributed by atoms with Crippen LogP contribution in [0.3, 0.4) is 0 Å². The molecule has 4 nitrogen and oxygen atoms in total. The van der Waals surface area contributed by atoms with Crippen LogP contribution in [-0.4, -0.2) is 23.5 Å². The maximum atomic E-state index is 12.0. The smallest absolute Gasteiger partial charge is 0.240 e. The molecule has 0 bridgehead atoms. The number of carbonyl (C=O) groups excluding carboxylic acids is 1. The van der Waals surface area contributed by atoms with Gasteiger partial charge in [0.2, 0.25) is 5.91 Å². The lowest BCUT2D eigenvalue weighted by molar-refractivity contribution is -0.115. The first-order chi connectivity index (χ1) is 11.1. The van der Waals surface area contributed by atoms with Crippen molar-refractivity contribution in [3.63, 3.8) is 0 Å². The molecule has 24 heavy (non-hydrogen) atoms. The van der Waals surface area contributed by atoms with E-state index in [2.05, 4.69) is 15.6 Å². The zero-order chi connectivity index (χ0) is 16.2. The normalized spacial score (nSPS) is 14.4. The van der Waals surface area contributed by atoms with Gasteiger partial charge in [-0.05, 0) is 31.0 Å². The van der Waals surface area contributed by atoms with Gasteiger partial charge in [0.25, 0.3) is 0 Å². The van der Waals surface area contributed by atoms with Crippen LogP contribution < -0.4 is 10.6 Å². The standard InChI is InChI=1S/C16H17Cl2N3OS.ClH/c17-10-5-6-12(13(18)7-10)14-9-23-16(20-14)21-15(22)8-19-11-3-1-2-4-11;/h5-7,9,11,19H,1-4,8H2,(H,20,21,22);1H. The zero-order valence-electron chi connectivity index (χ0n) is 12.9. The van der Waals surface area contributed by atoms with Crippen molar-refractivity contribution in [3.8, 4) is 11.3 Å². The number of halogens is 3. The van der Waals surface area contributed by atoms with Crippen molar-refractivity contribution >= 4 is 58.0 Å². The van der Waals surface area contributed by atoms with Gasteiger partial charge >= 0.3 is 0 Å². The number of anilines is 1. The fourth-order valence-electron chi connectivity index (χ4n) is 2.68. The predicted octanol–water partition coefficient (Wildman–Crippen LogP) is 5.01. The van der Waals surface area contributed by atoms with Gasteiger partial charge in [0, 0.05) is 22.0 Å². The molecule has 0 unspecified atom stereocenters. The molecule has 1 aliphatic rings. The van der Waals surface area contributed by atoms with Crippen LogP contribution in [0.15, 0.2) is 23.6 Å². The number of benzene rings is 1. The third kappa shape index (κ3) is 5.07. The minimum atomic E-state index is -0.0694. The van der Waals surface area contributed by atoms with Crippen LogP contribution in [0.2, 0.25) is 10.0 Å². The second kappa shape index (κ2) is 9.02. The third-order valence-electron chi connectivity index (χ3n) is 3.86. The average Bonchev–Trinajstić information content (AvgIpc) is 3.17. The lowest BCUT2D eigenvalue weighted by Crippen LogP contribution is -2.34. The van der Waals surface area contributed by atoms with Crippen molar-refractivity contribution < 1.29 is 4.79 Å². The van der Waals surface area contributed by atoms with Crippen LogP contribution in [-0.2, 0) is 4.79 Å². The molecule has 2 aromatic rings. The molecule has 1 aliphatic carbocycles. The Bertz CT molecular complexity index is 702. The maximum absolute atomic E-state index is 12.0. The van der Waals surface area contributed by atoms with Crippen molar-refractivity contribution in [1.82, 2.24) is 10.3 Å². The van der Waals surface area contributed by atoms with Crippen LogP contribution >= 0.6 is 46.9 Å². The Morgan fingerprint density at radius 1 is 1.29 bits per heavy atom. The highest BCUT2D eigenvalue weighted by molar-refractivity contribution is 7.14. The minimum absolute atomic E-state index is 0. The van der Waals surface area contributed by atoms with Crippen molar-refractivity contribution in [2.45, 2.75) is 31.7 Å². The van der Waals surface area contributed by atoms with E-state index >= 15 is 0 Å². The summed E-state index contributed by atoms with van der Waals surface area (Å²) in [5.41, 5.74) is 1.53. The average molecular weight is 407 g/mol. The van der Waals surface area contributed by atoms with E-state index < -0.39 is 0 Å². The summed E-state index contributed by atoms with van der Waals surface area (Å²) in [6.45, 7) is 0.321. The summed E-state index contributed by atoms with van der Waals surface area (Å²) in [5.74, 6) is -0.0694. The fraction of sp³-hybridized carbons (Fsp3) is 0.375. The predicted molar refractivity (Wildman–Crippen MR) is 104 cm³/mol. The highest BCUT2D eigenvalue weighted by Crippen LogP contribution is 2.32.